The lowest BCUT2D eigenvalue weighted by Crippen LogP contribution is -2.43. The van der Waals surface area contributed by atoms with Crippen LogP contribution in [0.2, 0.25) is 0 Å². The Hall–Kier alpha value is -3.01. The lowest BCUT2D eigenvalue weighted by atomic mass is 10.0. The number of anilines is 1. The molecule has 2 saturated heterocycles. The third-order valence-electron chi connectivity index (χ3n) is 7.58. The van der Waals surface area contributed by atoms with Gasteiger partial charge in [-0.05, 0) is 64.1 Å². The quantitative estimate of drug-likeness (QED) is 0.427. The molecule has 1 amide bonds. The topological polar surface area (TPSA) is 93.5 Å². The SMILES string of the molecule is CCn1c(C)c(CCNC2CCN(c3ncc(C(=O)NOC4CCCCO4)cn3)CC2)c2ccccc21. The highest BCUT2D eigenvalue weighted by Gasteiger charge is 2.22. The van der Waals surface area contributed by atoms with Gasteiger partial charge in [-0.2, -0.15) is 0 Å². The first-order valence-electron chi connectivity index (χ1n) is 13.6. The average Bonchev–Trinajstić information content (AvgIpc) is 3.23. The second-order valence-electron chi connectivity index (χ2n) is 9.91. The molecular formula is C28H38N6O3. The summed E-state index contributed by atoms with van der Waals surface area (Å²) in [6, 6.07) is 9.21. The lowest BCUT2D eigenvalue weighted by molar-refractivity contribution is -0.186. The molecule has 0 spiro atoms. The highest BCUT2D eigenvalue weighted by molar-refractivity contribution is 5.92. The third kappa shape index (κ3) is 5.95. The van der Waals surface area contributed by atoms with Crippen LogP contribution in [0.3, 0.4) is 0 Å². The van der Waals surface area contributed by atoms with Crippen molar-refractivity contribution < 1.29 is 14.4 Å². The van der Waals surface area contributed by atoms with Gasteiger partial charge in [0.15, 0.2) is 6.29 Å². The highest BCUT2D eigenvalue weighted by atomic mass is 16.8. The largest absolute Gasteiger partial charge is 0.350 e. The Morgan fingerprint density at radius 2 is 1.92 bits per heavy atom. The molecule has 2 fully saturated rings. The van der Waals surface area contributed by atoms with Gasteiger partial charge in [0.25, 0.3) is 5.91 Å². The number of fused-ring (bicyclic) bond motifs is 1. The fraction of sp³-hybridized carbons (Fsp3) is 0.536. The maximum atomic E-state index is 12.3. The van der Waals surface area contributed by atoms with Crippen molar-refractivity contribution in [1.29, 1.82) is 0 Å². The Balaban J connectivity index is 1.07. The zero-order valence-corrected chi connectivity index (χ0v) is 21.9. The number of carbonyl (C=O) groups is 1. The van der Waals surface area contributed by atoms with Crippen LogP contribution in [0.5, 0.6) is 0 Å². The summed E-state index contributed by atoms with van der Waals surface area (Å²) in [6.45, 7) is 8.86. The molecule has 9 nitrogen and oxygen atoms in total. The molecule has 2 aromatic heterocycles. The maximum absolute atomic E-state index is 12.3. The molecule has 0 saturated carbocycles. The van der Waals surface area contributed by atoms with Crippen molar-refractivity contribution in [2.45, 2.75) is 71.2 Å². The average molecular weight is 507 g/mol. The first-order chi connectivity index (χ1) is 18.1. The number of rotatable bonds is 9. The van der Waals surface area contributed by atoms with E-state index in [1.807, 2.05) is 0 Å². The first-order valence-corrected chi connectivity index (χ1v) is 13.6. The van der Waals surface area contributed by atoms with Gasteiger partial charge in [-0.3, -0.25) is 4.79 Å². The van der Waals surface area contributed by atoms with E-state index in [-0.39, 0.29) is 12.2 Å². The van der Waals surface area contributed by atoms with Crippen LogP contribution in [0, 0.1) is 6.92 Å². The molecule has 1 atom stereocenters. The number of nitrogens with one attached hydrogen (secondary N) is 2. The zero-order chi connectivity index (χ0) is 25.6. The summed E-state index contributed by atoms with van der Waals surface area (Å²) in [5.74, 6) is 0.301. The van der Waals surface area contributed by atoms with Crippen LogP contribution >= 0.6 is 0 Å². The van der Waals surface area contributed by atoms with E-state index in [9.17, 15) is 4.79 Å². The number of ether oxygens (including phenoxy) is 1. The van der Waals surface area contributed by atoms with Gasteiger partial charge in [0, 0.05) is 67.7 Å². The summed E-state index contributed by atoms with van der Waals surface area (Å²) in [5, 5.41) is 5.15. The van der Waals surface area contributed by atoms with Crippen LogP contribution in [-0.2, 0) is 22.5 Å². The van der Waals surface area contributed by atoms with Gasteiger partial charge >= 0.3 is 0 Å². The Morgan fingerprint density at radius 1 is 1.14 bits per heavy atom. The maximum Gasteiger partial charge on any atom is 0.278 e. The molecule has 1 aromatic carbocycles. The van der Waals surface area contributed by atoms with Gasteiger partial charge in [0.1, 0.15) is 0 Å². The molecular weight excluding hydrogens is 468 g/mol. The van der Waals surface area contributed by atoms with Crippen molar-refractivity contribution in [3.8, 4) is 0 Å². The van der Waals surface area contributed by atoms with E-state index in [0.29, 0.717) is 24.2 Å². The number of amides is 1. The number of para-hydroxylation sites is 1. The summed E-state index contributed by atoms with van der Waals surface area (Å²) in [5.41, 5.74) is 6.99. The van der Waals surface area contributed by atoms with Gasteiger partial charge in [0.05, 0.1) is 5.56 Å². The van der Waals surface area contributed by atoms with Crippen LogP contribution < -0.4 is 15.7 Å². The normalized spacial score (nSPS) is 18.9. The number of aromatic nitrogens is 3. The van der Waals surface area contributed by atoms with Crippen molar-refractivity contribution in [3.63, 3.8) is 0 Å². The predicted octanol–water partition coefficient (Wildman–Crippen LogP) is 3.75. The molecule has 37 heavy (non-hydrogen) atoms. The summed E-state index contributed by atoms with van der Waals surface area (Å²) in [7, 11) is 0. The molecule has 1 unspecified atom stereocenters. The number of aryl methyl sites for hydroxylation is 1. The molecule has 2 aliphatic rings. The first kappa shape index (κ1) is 25.6. The smallest absolute Gasteiger partial charge is 0.278 e. The molecule has 0 radical (unpaired) electrons. The number of benzene rings is 1. The Bertz CT molecular complexity index is 1180. The monoisotopic (exact) mass is 506 g/mol. The van der Waals surface area contributed by atoms with Crippen molar-refractivity contribution in [2.75, 3.05) is 31.1 Å². The fourth-order valence-electron chi connectivity index (χ4n) is 5.49. The number of hydrogen-bond donors (Lipinski definition) is 2. The molecule has 2 N–H and O–H groups in total. The van der Waals surface area contributed by atoms with Crippen LogP contribution in [0.1, 0.15) is 60.6 Å². The van der Waals surface area contributed by atoms with E-state index in [2.05, 4.69) is 68.3 Å². The molecule has 0 aliphatic carbocycles. The van der Waals surface area contributed by atoms with Crippen molar-refractivity contribution in [3.05, 3.63) is 53.5 Å². The Kier molecular flexibility index (Phi) is 8.33. The summed E-state index contributed by atoms with van der Waals surface area (Å²) in [4.78, 5) is 28.8. The van der Waals surface area contributed by atoms with Gasteiger partial charge in [0.2, 0.25) is 5.95 Å². The summed E-state index contributed by atoms with van der Waals surface area (Å²) >= 11 is 0. The Morgan fingerprint density at radius 3 is 2.65 bits per heavy atom. The second kappa shape index (κ2) is 12.0. The molecule has 5 rings (SSSR count). The highest BCUT2D eigenvalue weighted by Crippen LogP contribution is 2.26. The molecule has 198 valence electrons. The van der Waals surface area contributed by atoms with E-state index in [0.717, 1.165) is 64.7 Å². The van der Waals surface area contributed by atoms with Gasteiger partial charge < -0.3 is 19.5 Å². The number of hydrogen-bond acceptors (Lipinski definition) is 7. The van der Waals surface area contributed by atoms with Crippen molar-refractivity contribution in [2.24, 2.45) is 0 Å². The number of piperidine rings is 1. The minimum absolute atomic E-state index is 0.360. The van der Waals surface area contributed by atoms with Crippen molar-refractivity contribution >= 4 is 22.8 Å². The van der Waals surface area contributed by atoms with Crippen molar-refractivity contribution in [1.82, 2.24) is 25.3 Å². The molecule has 0 bridgehead atoms. The third-order valence-corrected chi connectivity index (χ3v) is 7.58. The number of nitrogens with zero attached hydrogens (tertiary/aromatic N) is 4. The minimum Gasteiger partial charge on any atom is -0.350 e. The number of carbonyl (C=O) groups excluding carboxylic acids is 1. The van der Waals surface area contributed by atoms with Gasteiger partial charge in [-0.15, -0.1) is 0 Å². The second-order valence-corrected chi connectivity index (χ2v) is 9.91. The Labute approximate surface area is 218 Å². The van der Waals surface area contributed by atoms with Gasteiger partial charge in [-0.25, -0.2) is 20.3 Å². The van der Waals surface area contributed by atoms with Crippen LogP contribution in [0.15, 0.2) is 36.7 Å². The minimum atomic E-state index is -0.381. The van der Waals surface area contributed by atoms with E-state index >= 15 is 0 Å². The van der Waals surface area contributed by atoms with E-state index in [4.69, 9.17) is 9.57 Å². The zero-order valence-electron chi connectivity index (χ0n) is 21.9. The van der Waals surface area contributed by atoms with Crippen LogP contribution in [0.4, 0.5) is 5.95 Å². The predicted molar refractivity (Wildman–Crippen MR) is 143 cm³/mol. The fourth-order valence-corrected chi connectivity index (χ4v) is 5.49. The summed E-state index contributed by atoms with van der Waals surface area (Å²) < 4.78 is 7.88. The molecule has 9 heteroatoms. The van der Waals surface area contributed by atoms with Crippen LogP contribution in [0.25, 0.3) is 10.9 Å². The van der Waals surface area contributed by atoms with E-state index in [1.54, 1.807) is 12.4 Å². The molecule has 4 heterocycles. The van der Waals surface area contributed by atoms with Gasteiger partial charge in [-0.1, -0.05) is 18.2 Å². The summed E-state index contributed by atoms with van der Waals surface area (Å²) in [6.07, 6.45) is 8.69. The van der Waals surface area contributed by atoms with E-state index < -0.39 is 0 Å². The van der Waals surface area contributed by atoms with Crippen LogP contribution in [-0.4, -0.2) is 59.0 Å². The standard InChI is InChI=1S/C28H38N6O3/c1-3-34-20(2)23(24-8-4-5-9-25(24)34)11-14-29-22-12-15-33(16-13-22)28-30-18-21(19-31-28)27(35)32-37-26-10-6-7-17-36-26/h4-5,8-9,18-19,22,26,29H,3,6-7,10-17H2,1-2H3,(H,32,35). The molecule has 3 aromatic rings. The van der Waals surface area contributed by atoms with E-state index in [1.165, 1.54) is 22.2 Å². The number of hydroxylamine groups is 1. The lowest BCUT2D eigenvalue weighted by Gasteiger charge is -2.32. The molecule has 2 aliphatic heterocycles.